The van der Waals surface area contributed by atoms with Gasteiger partial charge in [-0.2, -0.15) is 0 Å². The van der Waals surface area contributed by atoms with E-state index in [4.69, 9.17) is 23.2 Å². The Hall–Kier alpha value is -1.16. The van der Waals surface area contributed by atoms with E-state index in [0.717, 1.165) is 16.5 Å². The minimum atomic E-state index is 0.671. The number of amidine groups is 1. The molecule has 1 N–H and O–H groups in total. The van der Waals surface area contributed by atoms with Crippen molar-refractivity contribution < 1.29 is 0 Å². The number of anilines is 1. The summed E-state index contributed by atoms with van der Waals surface area (Å²) in [5.41, 5.74) is 1.72. The number of nitrogens with one attached hydrogen (secondary N) is 1. The average Bonchev–Trinajstić information content (AvgIpc) is 2.38. The van der Waals surface area contributed by atoms with Crippen LogP contribution in [0, 0.1) is 0 Å². The summed E-state index contributed by atoms with van der Waals surface area (Å²) in [6.07, 6.45) is 1.96. The summed E-state index contributed by atoms with van der Waals surface area (Å²) in [6.45, 7) is 0. The van der Waals surface area contributed by atoms with Crippen LogP contribution in [-0.2, 0) is 0 Å². The maximum atomic E-state index is 5.95. The van der Waals surface area contributed by atoms with Crippen LogP contribution in [-0.4, -0.2) is 11.4 Å². The highest BCUT2D eigenvalue weighted by molar-refractivity contribution is 8.13. The van der Waals surface area contributed by atoms with Crippen LogP contribution < -0.4 is 5.32 Å². The largest absolute Gasteiger partial charge is 0.335 e. The maximum absolute atomic E-state index is 5.95. The molecule has 5 heteroatoms. The lowest BCUT2D eigenvalue weighted by molar-refractivity contribution is 1.51. The molecule has 0 saturated heterocycles. The molecule has 0 heterocycles. The molecule has 0 unspecified atom stereocenters. The van der Waals surface area contributed by atoms with E-state index in [-0.39, 0.29) is 0 Å². The lowest BCUT2D eigenvalue weighted by Gasteiger charge is -2.08. The van der Waals surface area contributed by atoms with Gasteiger partial charge < -0.3 is 5.32 Å². The van der Waals surface area contributed by atoms with E-state index in [1.54, 1.807) is 0 Å². The zero-order valence-electron chi connectivity index (χ0n) is 10.2. The lowest BCUT2D eigenvalue weighted by Crippen LogP contribution is -2.06. The number of halogens is 2. The van der Waals surface area contributed by atoms with Crippen LogP contribution >= 0.6 is 35.0 Å². The third-order valence-corrected chi connectivity index (χ3v) is 3.36. The Bertz CT molecular complexity index is 600. The molecular formula is C14H12Cl2N2S. The van der Waals surface area contributed by atoms with Gasteiger partial charge in [-0.05, 0) is 42.7 Å². The fourth-order valence-electron chi connectivity index (χ4n) is 1.48. The minimum Gasteiger partial charge on any atom is -0.335 e. The van der Waals surface area contributed by atoms with Crippen LogP contribution in [0.1, 0.15) is 0 Å². The van der Waals surface area contributed by atoms with Crippen molar-refractivity contribution in [3.05, 3.63) is 58.6 Å². The predicted octanol–water partition coefficient (Wildman–Crippen LogP) is 5.46. The lowest BCUT2D eigenvalue weighted by atomic mass is 10.3. The van der Waals surface area contributed by atoms with Crippen molar-refractivity contribution in [1.82, 2.24) is 0 Å². The zero-order valence-corrected chi connectivity index (χ0v) is 12.6. The molecular weight excluding hydrogens is 299 g/mol. The molecule has 2 nitrogen and oxygen atoms in total. The van der Waals surface area contributed by atoms with Crippen molar-refractivity contribution in [1.29, 1.82) is 0 Å². The Morgan fingerprint density at radius 3 is 2.37 bits per heavy atom. The van der Waals surface area contributed by atoms with Gasteiger partial charge in [-0.15, -0.1) is 0 Å². The summed E-state index contributed by atoms with van der Waals surface area (Å²) < 4.78 is 0. The molecule has 0 bridgehead atoms. The summed E-state index contributed by atoms with van der Waals surface area (Å²) in [6, 6.07) is 14.9. The van der Waals surface area contributed by atoms with E-state index in [9.17, 15) is 0 Å². The number of aliphatic imine (C=N–C) groups is 1. The molecule has 19 heavy (non-hydrogen) atoms. The second kappa shape index (κ2) is 6.85. The molecule has 0 spiro atoms. The average molecular weight is 311 g/mol. The molecule has 98 valence electrons. The van der Waals surface area contributed by atoms with Gasteiger partial charge in [0.2, 0.25) is 0 Å². The van der Waals surface area contributed by atoms with E-state index in [1.165, 1.54) is 11.8 Å². The normalized spacial score (nSPS) is 11.4. The first-order valence-corrected chi connectivity index (χ1v) is 7.56. The summed E-state index contributed by atoms with van der Waals surface area (Å²) in [7, 11) is 0. The van der Waals surface area contributed by atoms with Crippen LogP contribution in [0.25, 0.3) is 0 Å². The second-order valence-corrected chi connectivity index (χ2v) is 5.40. The van der Waals surface area contributed by atoms with E-state index in [0.29, 0.717) is 10.0 Å². The Morgan fingerprint density at radius 1 is 1.05 bits per heavy atom. The van der Waals surface area contributed by atoms with Gasteiger partial charge in [0, 0.05) is 15.7 Å². The SMILES string of the molecule is CSC(=Nc1cccc(Cl)c1)Nc1cccc(Cl)c1. The van der Waals surface area contributed by atoms with Crippen molar-refractivity contribution in [3.63, 3.8) is 0 Å². The Balaban J connectivity index is 2.20. The van der Waals surface area contributed by atoms with Crippen LogP contribution in [0.2, 0.25) is 10.0 Å². The van der Waals surface area contributed by atoms with E-state index in [2.05, 4.69) is 10.3 Å². The number of benzene rings is 2. The van der Waals surface area contributed by atoms with E-state index >= 15 is 0 Å². The first-order chi connectivity index (χ1) is 9.17. The van der Waals surface area contributed by atoms with Gasteiger partial charge in [0.1, 0.15) is 0 Å². The van der Waals surface area contributed by atoms with Gasteiger partial charge in [0.25, 0.3) is 0 Å². The molecule has 2 aromatic carbocycles. The van der Waals surface area contributed by atoms with Crippen molar-refractivity contribution in [2.75, 3.05) is 11.6 Å². The van der Waals surface area contributed by atoms with Crippen molar-refractivity contribution >= 4 is 51.5 Å². The van der Waals surface area contributed by atoms with Crippen LogP contribution in [0.15, 0.2) is 53.5 Å². The summed E-state index contributed by atoms with van der Waals surface area (Å²) in [4.78, 5) is 4.50. The molecule has 2 aromatic rings. The van der Waals surface area contributed by atoms with E-state index in [1.807, 2.05) is 54.8 Å². The van der Waals surface area contributed by atoms with Gasteiger partial charge in [-0.25, -0.2) is 4.99 Å². The minimum absolute atomic E-state index is 0.671. The molecule has 2 rings (SSSR count). The van der Waals surface area contributed by atoms with Gasteiger partial charge in [0.15, 0.2) is 5.17 Å². The standard InChI is InChI=1S/C14H12Cl2N2S/c1-19-14(17-12-6-2-4-10(15)8-12)18-13-7-3-5-11(16)9-13/h2-9H,1H3,(H,17,18). The maximum Gasteiger partial charge on any atom is 0.165 e. The first-order valence-electron chi connectivity index (χ1n) is 5.58. The van der Waals surface area contributed by atoms with Crippen molar-refractivity contribution in [2.24, 2.45) is 4.99 Å². The topological polar surface area (TPSA) is 24.4 Å². The van der Waals surface area contributed by atoms with Gasteiger partial charge >= 0.3 is 0 Å². The fraction of sp³-hybridized carbons (Fsp3) is 0.0714. The summed E-state index contributed by atoms with van der Waals surface area (Å²) in [5.74, 6) is 0. The molecule has 0 amide bonds. The summed E-state index contributed by atoms with van der Waals surface area (Å²) >= 11 is 13.4. The van der Waals surface area contributed by atoms with Crippen LogP contribution in [0.4, 0.5) is 11.4 Å². The van der Waals surface area contributed by atoms with Crippen molar-refractivity contribution in [3.8, 4) is 0 Å². The molecule has 0 aromatic heterocycles. The number of hydrogen-bond acceptors (Lipinski definition) is 2. The predicted molar refractivity (Wildman–Crippen MR) is 87.1 cm³/mol. The third kappa shape index (κ3) is 4.46. The quantitative estimate of drug-likeness (QED) is 0.588. The second-order valence-electron chi connectivity index (χ2n) is 3.74. The number of rotatable bonds is 2. The van der Waals surface area contributed by atoms with Gasteiger partial charge in [-0.3, -0.25) is 0 Å². The zero-order chi connectivity index (χ0) is 13.7. The highest BCUT2D eigenvalue weighted by Gasteiger charge is 2.00. The van der Waals surface area contributed by atoms with Crippen LogP contribution in [0.5, 0.6) is 0 Å². The highest BCUT2D eigenvalue weighted by Crippen LogP contribution is 2.21. The number of thioether (sulfide) groups is 1. The molecule has 0 fully saturated rings. The Kier molecular flexibility index (Phi) is 5.14. The fourth-order valence-corrected chi connectivity index (χ4v) is 2.27. The molecule has 0 aliphatic carbocycles. The van der Waals surface area contributed by atoms with Crippen molar-refractivity contribution in [2.45, 2.75) is 0 Å². The molecule has 0 atom stereocenters. The first kappa shape index (κ1) is 14.3. The van der Waals surface area contributed by atoms with Crippen LogP contribution in [0.3, 0.4) is 0 Å². The number of hydrogen-bond donors (Lipinski definition) is 1. The monoisotopic (exact) mass is 310 g/mol. The van der Waals surface area contributed by atoms with Gasteiger partial charge in [0.05, 0.1) is 5.69 Å². The molecule has 0 aliphatic rings. The highest BCUT2D eigenvalue weighted by atomic mass is 35.5. The smallest absolute Gasteiger partial charge is 0.165 e. The molecule has 0 radical (unpaired) electrons. The van der Waals surface area contributed by atoms with E-state index < -0.39 is 0 Å². The molecule has 0 aliphatic heterocycles. The summed E-state index contributed by atoms with van der Waals surface area (Å²) in [5, 5.41) is 5.36. The number of nitrogens with zero attached hydrogens (tertiary/aromatic N) is 1. The molecule has 0 saturated carbocycles. The Morgan fingerprint density at radius 2 is 1.74 bits per heavy atom. The third-order valence-electron chi connectivity index (χ3n) is 2.31. The Labute approximate surface area is 126 Å². The van der Waals surface area contributed by atoms with Gasteiger partial charge in [-0.1, -0.05) is 47.1 Å².